The van der Waals surface area contributed by atoms with Gasteiger partial charge in [-0.3, -0.25) is 0 Å². The SMILES string of the molecule is [SiH3][SiH2]Oc1c(O[SiH2][SiH3])c(O[SiH2][SiH3])c(O[SiH2][SiH3])c(O[SiH2][SiH3])c1O[SiH2][SiH3]. The maximum absolute atomic E-state index is 6.16. The normalized spacial score (nSPS) is 14.0. The summed E-state index contributed by atoms with van der Waals surface area (Å²) in [5.74, 6) is 4.77. The summed E-state index contributed by atoms with van der Waals surface area (Å²) in [6, 6.07) is 0. The Labute approximate surface area is 174 Å². The lowest BCUT2D eigenvalue weighted by molar-refractivity contribution is 0.430. The van der Waals surface area contributed by atoms with Crippen LogP contribution in [-0.2, 0) is 0 Å². The molecule has 0 atom stereocenters. The van der Waals surface area contributed by atoms with Crippen molar-refractivity contribution < 1.29 is 26.6 Å². The zero-order valence-corrected chi connectivity index (χ0v) is 36.2. The molecule has 0 N–H and O–H groups in total. The van der Waals surface area contributed by atoms with E-state index in [1.807, 2.05) is 0 Å². The maximum atomic E-state index is 6.16. The summed E-state index contributed by atoms with van der Waals surface area (Å²) in [5, 5.41) is 0. The van der Waals surface area contributed by atoms with Gasteiger partial charge >= 0.3 is 0 Å². The van der Waals surface area contributed by atoms with Gasteiger partial charge in [0.1, 0.15) is 0 Å². The molecule has 0 saturated heterocycles. The predicted molar refractivity (Wildman–Crippen MR) is 141 cm³/mol. The molecule has 1 aromatic carbocycles. The van der Waals surface area contributed by atoms with Gasteiger partial charge in [-0.05, 0) is 0 Å². The Balaban J connectivity index is 3.74. The van der Waals surface area contributed by atoms with Crippen molar-refractivity contribution in [1.29, 1.82) is 0 Å². The lowest BCUT2D eigenvalue weighted by Gasteiger charge is -2.26. The van der Waals surface area contributed by atoms with E-state index >= 15 is 0 Å². The molecule has 6 nitrogen and oxygen atoms in total. The minimum absolute atomic E-state index is 0.509. The first-order valence-corrected chi connectivity index (χ1v) is 46.1. The van der Waals surface area contributed by atoms with E-state index in [1.54, 1.807) is 0 Å². The highest BCUT2D eigenvalue weighted by atomic mass is 29.1. The summed E-state index contributed by atoms with van der Waals surface area (Å²) in [6.45, 7) is 0. The third kappa shape index (κ3) is 5.82. The van der Waals surface area contributed by atoms with E-state index < -0.39 is 55.7 Å². The second kappa shape index (κ2) is 12.9. The van der Waals surface area contributed by atoms with Crippen LogP contribution in [0.1, 0.15) is 0 Å². The van der Waals surface area contributed by atoms with Gasteiger partial charge in [0.25, 0.3) is 0 Å². The predicted octanol–water partition coefficient (Wildman–Crippen LogP) is -11.9. The van der Waals surface area contributed by atoms with Crippen molar-refractivity contribution in [1.82, 2.24) is 0 Å². The van der Waals surface area contributed by atoms with Crippen molar-refractivity contribution in [2.24, 2.45) is 0 Å². The Bertz CT molecular complexity index is 381. The molecule has 0 radical (unpaired) electrons. The molecule has 0 aromatic heterocycles. The fourth-order valence-electron chi connectivity index (χ4n) is 2.27. The Morgan fingerprint density at radius 2 is 0.458 bits per heavy atom. The zero-order valence-electron chi connectivity index (χ0n) is 15.7. The summed E-state index contributed by atoms with van der Waals surface area (Å²) in [5.41, 5.74) is 0. The largest absolute Gasteiger partial charge is 0.549 e. The van der Waals surface area contributed by atoms with Crippen LogP contribution in [0.25, 0.3) is 0 Å². The summed E-state index contributed by atoms with van der Waals surface area (Å²) in [7, 11) is 3.58. The topological polar surface area (TPSA) is 55.4 Å². The van der Waals surface area contributed by atoms with E-state index in [4.69, 9.17) is 26.6 Å². The molecule has 0 fully saturated rings. The van der Waals surface area contributed by atoms with Crippen LogP contribution in [0.3, 0.4) is 0 Å². The molecule has 0 aliphatic heterocycles. The molecule has 0 aliphatic rings. The van der Waals surface area contributed by atoms with Gasteiger partial charge in [0.2, 0.25) is 0 Å². The van der Waals surface area contributed by atoms with Gasteiger partial charge in [-0.25, -0.2) is 0 Å². The highest BCUT2D eigenvalue weighted by molar-refractivity contribution is 6.87. The third-order valence-electron chi connectivity index (χ3n) is 2.97. The molecule has 0 amide bonds. The first-order valence-electron chi connectivity index (χ1n) is 8.70. The molecular weight excluding hydrogens is 505 g/mol. The van der Waals surface area contributed by atoms with Gasteiger partial charge in [0.15, 0.2) is 90.2 Å². The minimum atomic E-state index is -0.509. The Hall–Kier alpha value is 0.623. The lowest BCUT2D eigenvalue weighted by atomic mass is 10.2. The molecule has 0 heterocycles. The molecule has 0 bridgehead atoms. The van der Waals surface area contributed by atoms with Crippen LogP contribution in [0.4, 0.5) is 0 Å². The van der Waals surface area contributed by atoms with Crippen LogP contribution in [-0.4, -0.2) is 114 Å². The van der Waals surface area contributed by atoms with Gasteiger partial charge in [0, 0.05) is 58.6 Å². The molecule has 1 aromatic rings. The highest BCUT2D eigenvalue weighted by Crippen LogP contribution is 2.57. The molecule has 0 spiro atoms. The second-order valence-corrected chi connectivity index (χ2v) is 20.2. The van der Waals surface area contributed by atoms with Crippen molar-refractivity contribution in [3.63, 3.8) is 0 Å². The van der Waals surface area contributed by atoms with Gasteiger partial charge < -0.3 is 26.6 Å². The van der Waals surface area contributed by atoms with Crippen molar-refractivity contribution in [3.05, 3.63) is 0 Å². The van der Waals surface area contributed by atoms with Crippen molar-refractivity contribution >= 4 is 114 Å². The molecule has 0 unspecified atom stereocenters. The van der Waals surface area contributed by atoms with E-state index in [-0.39, 0.29) is 0 Å². The van der Waals surface area contributed by atoms with Crippen molar-refractivity contribution in [2.45, 2.75) is 0 Å². The minimum Gasteiger partial charge on any atom is -0.549 e. The van der Waals surface area contributed by atoms with E-state index in [0.717, 1.165) is 93.1 Å². The molecular formula is C6H30O6Si12. The van der Waals surface area contributed by atoms with E-state index in [9.17, 15) is 0 Å². The molecule has 138 valence electrons. The molecule has 24 heavy (non-hydrogen) atoms. The van der Waals surface area contributed by atoms with Crippen molar-refractivity contribution in [3.8, 4) is 34.5 Å². The highest BCUT2D eigenvalue weighted by Gasteiger charge is 2.29. The average molecular weight is 535 g/mol. The number of rotatable bonds is 12. The Morgan fingerprint density at radius 1 is 0.333 bits per heavy atom. The lowest BCUT2D eigenvalue weighted by Crippen LogP contribution is -2.16. The third-order valence-corrected chi connectivity index (χ3v) is 11.6. The maximum Gasteiger partial charge on any atom is 0.194 e. The Morgan fingerprint density at radius 3 is 0.542 bits per heavy atom. The number of hydrogen-bond acceptors (Lipinski definition) is 6. The standard InChI is InChI=1S/C6H30O6Si12/c13-19-7-1-2(8-20-14)4(10-22-16)6(12-24-18)5(11-23-17)3(1)9-21-15/h19-24H2,13-18H3. The number of hydrogen-bond donors (Lipinski definition) is 0. The monoisotopic (exact) mass is 534 g/mol. The second-order valence-electron chi connectivity index (χ2n) is 4.57. The summed E-state index contributed by atoms with van der Waals surface area (Å²) in [4.78, 5) is 0. The van der Waals surface area contributed by atoms with Gasteiger partial charge in [-0.1, -0.05) is 0 Å². The van der Waals surface area contributed by atoms with E-state index in [1.165, 1.54) is 0 Å². The quantitative estimate of drug-likeness (QED) is 0.248. The summed E-state index contributed by atoms with van der Waals surface area (Å²) in [6.07, 6.45) is 0. The van der Waals surface area contributed by atoms with Crippen molar-refractivity contribution in [2.75, 3.05) is 0 Å². The average Bonchev–Trinajstić information content (AvgIpc) is 2.57. The van der Waals surface area contributed by atoms with Crippen LogP contribution < -0.4 is 26.6 Å². The summed E-state index contributed by atoms with van der Waals surface area (Å²) >= 11 is 0. The molecule has 0 saturated carbocycles. The van der Waals surface area contributed by atoms with Crippen LogP contribution >= 0.6 is 0 Å². The first-order chi connectivity index (χ1) is 11.7. The fraction of sp³-hybridized carbons (Fsp3) is 0. The van der Waals surface area contributed by atoms with Crippen LogP contribution in [0.2, 0.25) is 0 Å². The summed E-state index contributed by atoms with van der Waals surface area (Å²) < 4.78 is 37.0. The van der Waals surface area contributed by atoms with E-state index in [2.05, 4.69) is 0 Å². The van der Waals surface area contributed by atoms with Gasteiger partial charge in [-0.15, -0.1) is 0 Å². The fourth-order valence-corrected chi connectivity index (χ4v) is 10.8. The molecule has 1 rings (SSSR count). The van der Waals surface area contributed by atoms with Gasteiger partial charge in [-0.2, -0.15) is 0 Å². The zero-order chi connectivity index (χ0) is 17.9. The molecule has 18 heteroatoms. The number of benzene rings is 1. The van der Waals surface area contributed by atoms with Crippen LogP contribution in [0.5, 0.6) is 34.5 Å². The Kier molecular flexibility index (Phi) is 12.2. The first kappa shape index (κ1) is 22.7. The van der Waals surface area contributed by atoms with Crippen LogP contribution in [0.15, 0.2) is 0 Å². The van der Waals surface area contributed by atoms with Gasteiger partial charge in [0.05, 0.1) is 0 Å². The van der Waals surface area contributed by atoms with Crippen LogP contribution in [0, 0.1) is 0 Å². The molecule has 0 aliphatic carbocycles. The van der Waals surface area contributed by atoms with E-state index in [0.29, 0.717) is 0 Å². The smallest absolute Gasteiger partial charge is 0.194 e.